The molecule has 0 spiro atoms. The number of aryl methyl sites for hydroxylation is 1. The Hall–Kier alpha value is -1.31. The van der Waals surface area contributed by atoms with E-state index >= 15 is 0 Å². The van der Waals surface area contributed by atoms with Gasteiger partial charge in [-0.2, -0.15) is 0 Å². The van der Waals surface area contributed by atoms with Gasteiger partial charge in [-0.25, -0.2) is 15.0 Å². The molecule has 0 amide bonds. The molecule has 17 heavy (non-hydrogen) atoms. The Labute approximate surface area is 112 Å². The lowest BCUT2D eigenvalue weighted by atomic mass is 10.2. The maximum absolute atomic E-state index is 11.8. The fourth-order valence-electron chi connectivity index (χ4n) is 1.44. The molecule has 0 aliphatic carbocycles. The van der Waals surface area contributed by atoms with Crippen molar-refractivity contribution in [3.05, 3.63) is 38.1 Å². The van der Waals surface area contributed by atoms with E-state index in [1.54, 1.807) is 18.5 Å². The van der Waals surface area contributed by atoms with Crippen LogP contribution in [0.3, 0.4) is 0 Å². The van der Waals surface area contributed by atoms with E-state index in [2.05, 4.69) is 26.9 Å². The highest BCUT2D eigenvalue weighted by atomic mass is 127. The summed E-state index contributed by atoms with van der Waals surface area (Å²) >= 11 is 2.02. The van der Waals surface area contributed by atoms with Gasteiger partial charge in [0.15, 0.2) is 11.6 Å². The summed E-state index contributed by atoms with van der Waals surface area (Å²) in [5, 5.41) is 0. The number of rotatable bonds is 3. The Kier molecular flexibility index (Phi) is 3.82. The monoisotopic (exact) mass is 342 g/mol. The number of hydrogen-bond acceptors (Lipinski definition) is 4. The normalized spacial score (nSPS) is 10.5. The molecule has 0 atom stereocenters. The number of aromatic nitrogens is 4. The average Bonchev–Trinajstić information content (AvgIpc) is 2.36. The third-order valence-corrected chi connectivity index (χ3v) is 3.31. The fourth-order valence-corrected chi connectivity index (χ4v) is 1.96. The summed E-state index contributed by atoms with van der Waals surface area (Å²) in [7, 11) is 0. The number of nitrogens with zero attached hydrogens (tertiary/aromatic N) is 3. The van der Waals surface area contributed by atoms with E-state index in [-0.39, 0.29) is 5.56 Å². The molecule has 1 N–H and O–H groups in total. The quantitative estimate of drug-likeness (QED) is 0.864. The van der Waals surface area contributed by atoms with Gasteiger partial charge in [-0.3, -0.25) is 4.79 Å². The summed E-state index contributed by atoms with van der Waals surface area (Å²) in [6.07, 6.45) is 4.98. The molecule has 88 valence electrons. The highest BCUT2D eigenvalue weighted by Gasteiger charge is 2.10. The van der Waals surface area contributed by atoms with Crippen molar-refractivity contribution in [2.24, 2.45) is 0 Å². The molecule has 0 saturated heterocycles. The molecule has 0 radical (unpaired) electrons. The maximum Gasteiger partial charge on any atom is 0.264 e. The third-order valence-electron chi connectivity index (χ3n) is 2.20. The number of nitrogens with one attached hydrogen (secondary N) is 1. The van der Waals surface area contributed by atoms with E-state index in [9.17, 15) is 4.79 Å². The van der Waals surface area contributed by atoms with Crippen molar-refractivity contribution < 1.29 is 0 Å². The Morgan fingerprint density at radius 1 is 1.35 bits per heavy atom. The van der Waals surface area contributed by atoms with Crippen molar-refractivity contribution >= 4 is 22.6 Å². The first-order valence-corrected chi connectivity index (χ1v) is 6.36. The van der Waals surface area contributed by atoms with Crippen LogP contribution in [-0.2, 0) is 6.42 Å². The molecule has 0 aromatic carbocycles. The number of halogens is 1. The van der Waals surface area contributed by atoms with Crippen molar-refractivity contribution in [1.82, 2.24) is 19.9 Å². The molecule has 0 saturated carbocycles. The third kappa shape index (κ3) is 2.68. The SMILES string of the molecule is CCCc1nc(-c2ncccn2)[nH]c(=O)c1I. The second-order valence-electron chi connectivity index (χ2n) is 3.50. The molecule has 6 heteroatoms. The van der Waals surface area contributed by atoms with Crippen LogP contribution in [0.1, 0.15) is 19.0 Å². The summed E-state index contributed by atoms with van der Waals surface area (Å²) in [6, 6.07) is 1.72. The Balaban J connectivity index is 2.53. The second kappa shape index (κ2) is 5.35. The first kappa shape index (κ1) is 12.2. The largest absolute Gasteiger partial charge is 0.303 e. The van der Waals surface area contributed by atoms with Gasteiger partial charge in [0.25, 0.3) is 5.56 Å². The molecular weight excluding hydrogens is 331 g/mol. The Morgan fingerprint density at radius 2 is 2.06 bits per heavy atom. The molecule has 5 nitrogen and oxygen atoms in total. The standard InChI is InChI=1S/C11H11IN4O/c1-2-4-7-8(12)11(17)16-10(15-7)9-13-5-3-6-14-9/h3,5-6H,2,4H2,1H3,(H,15,16,17). The molecular formula is C11H11IN4O. The molecule has 2 heterocycles. The van der Waals surface area contributed by atoms with Gasteiger partial charge in [-0.1, -0.05) is 13.3 Å². The molecule has 0 unspecified atom stereocenters. The molecule has 2 aromatic rings. The predicted molar refractivity (Wildman–Crippen MR) is 72.6 cm³/mol. The van der Waals surface area contributed by atoms with Gasteiger partial charge in [0.1, 0.15) is 0 Å². The lowest BCUT2D eigenvalue weighted by Crippen LogP contribution is -2.17. The topological polar surface area (TPSA) is 71.5 Å². The van der Waals surface area contributed by atoms with Crippen molar-refractivity contribution in [3.63, 3.8) is 0 Å². The van der Waals surface area contributed by atoms with Gasteiger partial charge in [0, 0.05) is 12.4 Å². The van der Waals surface area contributed by atoms with Crippen molar-refractivity contribution in [2.45, 2.75) is 19.8 Å². The van der Waals surface area contributed by atoms with E-state index < -0.39 is 0 Å². The molecule has 0 aliphatic heterocycles. The van der Waals surface area contributed by atoms with Crippen LogP contribution in [0.25, 0.3) is 11.6 Å². The lowest BCUT2D eigenvalue weighted by Gasteiger charge is -2.04. The summed E-state index contributed by atoms with van der Waals surface area (Å²) in [6.45, 7) is 2.05. The highest BCUT2D eigenvalue weighted by Crippen LogP contribution is 2.11. The first-order valence-electron chi connectivity index (χ1n) is 5.28. The number of H-pyrrole nitrogens is 1. The Bertz CT molecular complexity index is 567. The van der Waals surface area contributed by atoms with Gasteiger partial charge in [0.05, 0.1) is 9.26 Å². The van der Waals surface area contributed by atoms with Crippen LogP contribution >= 0.6 is 22.6 Å². The molecule has 0 bridgehead atoms. The molecule has 0 fully saturated rings. The van der Waals surface area contributed by atoms with Crippen molar-refractivity contribution in [1.29, 1.82) is 0 Å². The minimum atomic E-state index is -0.133. The second-order valence-corrected chi connectivity index (χ2v) is 4.58. The van der Waals surface area contributed by atoms with E-state index in [1.165, 1.54) is 0 Å². The smallest absolute Gasteiger partial charge is 0.264 e. The van der Waals surface area contributed by atoms with Crippen molar-refractivity contribution in [3.8, 4) is 11.6 Å². The fraction of sp³-hybridized carbons (Fsp3) is 0.273. The van der Waals surface area contributed by atoms with Gasteiger partial charge in [-0.15, -0.1) is 0 Å². The zero-order chi connectivity index (χ0) is 12.3. The van der Waals surface area contributed by atoms with Crippen LogP contribution < -0.4 is 5.56 Å². The zero-order valence-electron chi connectivity index (χ0n) is 9.27. The summed E-state index contributed by atoms with van der Waals surface area (Å²) in [5.41, 5.74) is 0.672. The van der Waals surface area contributed by atoms with Crippen LogP contribution in [0.5, 0.6) is 0 Å². The molecule has 2 rings (SSSR count). The minimum Gasteiger partial charge on any atom is -0.303 e. The van der Waals surface area contributed by atoms with Crippen LogP contribution in [0.4, 0.5) is 0 Å². The number of hydrogen-bond donors (Lipinski definition) is 1. The first-order chi connectivity index (χ1) is 8.22. The van der Waals surface area contributed by atoms with E-state index in [0.717, 1.165) is 18.5 Å². The number of aromatic amines is 1. The van der Waals surface area contributed by atoms with Crippen molar-refractivity contribution in [2.75, 3.05) is 0 Å². The Morgan fingerprint density at radius 3 is 2.71 bits per heavy atom. The lowest BCUT2D eigenvalue weighted by molar-refractivity contribution is 0.856. The van der Waals surface area contributed by atoms with E-state index in [4.69, 9.17) is 0 Å². The van der Waals surface area contributed by atoms with Crippen LogP contribution in [-0.4, -0.2) is 19.9 Å². The van der Waals surface area contributed by atoms with E-state index in [1.807, 2.05) is 22.6 Å². The van der Waals surface area contributed by atoms with Gasteiger partial charge < -0.3 is 4.98 Å². The maximum atomic E-state index is 11.8. The average molecular weight is 342 g/mol. The summed E-state index contributed by atoms with van der Waals surface area (Å²) < 4.78 is 0.643. The van der Waals surface area contributed by atoms with Gasteiger partial charge in [-0.05, 0) is 35.1 Å². The van der Waals surface area contributed by atoms with Gasteiger partial charge in [0.2, 0.25) is 0 Å². The van der Waals surface area contributed by atoms with Crippen LogP contribution in [0.15, 0.2) is 23.3 Å². The molecule has 2 aromatic heterocycles. The summed E-state index contributed by atoms with van der Waals surface area (Å²) in [4.78, 5) is 27.0. The van der Waals surface area contributed by atoms with Crippen LogP contribution in [0, 0.1) is 3.57 Å². The molecule has 0 aliphatic rings. The zero-order valence-corrected chi connectivity index (χ0v) is 11.4. The summed E-state index contributed by atoms with van der Waals surface area (Å²) in [5.74, 6) is 0.873. The van der Waals surface area contributed by atoms with Crippen LogP contribution in [0.2, 0.25) is 0 Å². The van der Waals surface area contributed by atoms with E-state index in [0.29, 0.717) is 15.2 Å². The minimum absolute atomic E-state index is 0.133. The predicted octanol–water partition coefficient (Wildman–Crippen LogP) is 1.78. The van der Waals surface area contributed by atoms with Gasteiger partial charge >= 0.3 is 0 Å². The highest BCUT2D eigenvalue weighted by molar-refractivity contribution is 14.1.